The number of benzene rings is 1. The molecule has 0 aliphatic heterocycles. The third-order valence-corrected chi connectivity index (χ3v) is 2.98. The maximum Gasteiger partial charge on any atom is 0.222 e. The Hall–Kier alpha value is -2.07. The Kier molecular flexibility index (Phi) is 4.36. The summed E-state index contributed by atoms with van der Waals surface area (Å²) in [5, 5.41) is 2.87. The molecule has 4 nitrogen and oxygen atoms in total. The number of nitrogens with one attached hydrogen (secondary N) is 1. The summed E-state index contributed by atoms with van der Waals surface area (Å²) in [5.41, 5.74) is 6.97. The van der Waals surface area contributed by atoms with Crippen LogP contribution in [0.2, 0.25) is 0 Å². The maximum absolute atomic E-state index is 11.9. The van der Waals surface area contributed by atoms with E-state index in [1.807, 2.05) is 43.3 Å². The van der Waals surface area contributed by atoms with Crippen LogP contribution in [-0.4, -0.2) is 5.91 Å². The Balaban J connectivity index is 1.88. The third kappa shape index (κ3) is 3.69. The van der Waals surface area contributed by atoms with Gasteiger partial charge in [0, 0.05) is 12.5 Å². The number of hydrogen-bond donors (Lipinski definition) is 2. The second kappa shape index (κ2) is 6.20. The van der Waals surface area contributed by atoms with Crippen LogP contribution in [0, 0.1) is 0 Å². The van der Waals surface area contributed by atoms with Crippen LogP contribution in [-0.2, 0) is 4.79 Å². The molecule has 1 amide bonds. The fraction of sp³-hybridized carbons (Fsp3) is 0.267. The minimum Gasteiger partial charge on any atom is -0.467 e. The standard InChI is InChI=1S/C15H18N2O2/c1-11(14-8-5-9-19-14)17-15(18)10-13(16)12-6-3-2-4-7-12/h2-9,11,13H,10,16H2,1H3,(H,17,18)/t11-,13?/m0/s1. The van der Waals surface area contributed by atoms with Gasteiger partial charge in [0.1, 0.15) is 5.76 Å². The normalized spacial score (nSPS) is 13.8. The Bertz CT molecular complexity index is 508. The lowest BCUT2D eigenvalue weighted by atomic mass is 10.0. The van der Waals surface area contributed by atoms with Gasteiger partial charge < -0.3 is 15.5 Å². The molecule has 0 aliphatic rings. The number of carbonyl (C=O) groups excluding carboxylic acids is 1. The topological polar surface area (TPSA) is 68.3 Å². The van der Waals surface area contributed by atoms with E-state index in [1.165, 1.54) is 0 Å². The summed E-state index contributed by atoms with van der Waals surface area (Å²) in [4.78, 5) is 11.9. The lowest BCUT2D eigenvalue weighted by molar-refractivity contribution is -0.122. The van der Waals surface area contributed by atoms with Crippen molar-refractivity contribution in [3.8, 4) is 0 Å². The van der Waals surface area contributed by atoms with E-state index < -0.39 is 0 Å². The summed E-state index contributed by atoms with van der Waals surface area (Å²) in [6.07, 6.45) is 1.85. The average molecular weight is 258 g/mol. The SMILES string of the molecule is C[C@H](NC(=O)CC(N)c1ccccc1)c1ccco1. The van der Waals surface area contributed by atoms with Gasteiger partial charge in [-0.2, -0.15) is 0 Å². The van der Waals surface area contributed by atoms with Gasteiger partial charge in [0.2, 0.25) is 5.91 Å². The number of furan rings is 1. The molecular weight excluding hydrogens is 240 g/mol. The van der Waals surface area contributed by atoms with Gasteiger partial charge >= 0.3 is 0 Å². The Labute approximate surface area is 112 Å². The molecule has 1 aromatic carbocycles. The highest BCUT2D eigenvalue weighted by molar-refractivity contribution is 5.77. The molecule has 0 fully saturated rings. The quantitative estimate of drug-likeness (QED) is 0.866. The zero-order chi connectivity index (χ0) is 13.7. The molecule has 4 heteroatoms. The zero-order valence-electron chi connectivity index (χ0n) is 10.9. The van der Waals surface area contributed by atoms with Crippen molar-refractivity contribution in [2.45, 2.75) is 25.4 Å². The van der Waals surface area contributed by atoms with Gasteiger partial charge in [-0.1, -0.05) is 30.3 Å². The second-order valence-electron chi connectivity index (χ2n) is 4.53. The van der Waals surface area contributed by atoms with Crippen molar-refractivity contribution < 1.29 is 9.21 Å². The first-order valence-corrected chi connectivity index (χ1v) is 6.30. The largest absolute Gasteiger partial charge is 0.467 e. The Morgan fingerprint density at radius 3 is 2.63 bits per heavy atom. The van der Waals surface area contributed by atoms with E-state index in [2.05, 4.69) is 5.32 Å². The summed E-state index contributed by atoms with van der Waals surface area (Å²) in [6.45, 7) is 1.88. The van der Waals surface area contributed by atoms with Crippen LogP contribution >= 0.6 is 0 Å². The lowest BCUT2D eigenvalue weighted by Gasteiger charge is -2.15. The molecule has 0 aliphatic carbocycles. The van der Waals surface area contributed by atoms with E-state index in [1.54, 1.807) is 12.3 Å². The van der Waals surface area contributed by atoms with Crippen molar-refractivity contribution in [2.75, 3.05) is 0 Å². The second-order valence-corrected chi connectivity index (χ2v) is 4.53. The van der Waals surface area contributed by atoms with E-state index in [0.29, 0.717) is 0 Å². The molecule has 0 saturated carbocycles. The molecule has 1 unspecified atom stereocenters. The first-order valence-electron chi connectivity index (χ1n) is 6.30. The minimum atomic E-state index is -0.287. The number of rotatable bonds is 5. The van der Waals surface area contributed by atoms with Crippen LogP contribution < -0.4 is 11.1 Å². The Morgan fingerprint density at radius 2 is 2.00 bits per heavy atom. The first-order chi connectivity index (χ1) is 9.16. The summed E-state index contributed by atoms with van der Waals surface area (Å²) >= 11 is 0. The van der Waals surface area contributed by atoms with Crippen molar-refractivity contribution in [2.24, 2.45) is 5.73 Å². The highest BCUT2D eigenvalue weighted by Gasteiger charge is 2.15. The molecule has 0 saturated heterocycles. The van der Waals surface area contributed by atoms with E-state index in [-0.39, 0.29) is 24.4 Å². The van der Waals surface area contributed by atoms with Crippen molar-refractivity contribution in [1.29, 1.82) is 0 Å². The van der Waals surface area contributed by atoms with Gasteiger partial charge in [0.05, 0.1) is 12.3 Å². The van der Waals surface area contributed by atoms with Gasteiger partial charge in [-0.25, -0.2) is 0 Å². The fourth-order valence-corrected chi connectivity index (χ4v) is 1.93. The van der Waals surface area contributed by atoms with Gasteiger partial charge in [-0.3, -0.25) is 4.79 Å². The third-order valence-electron chi connectivity index (χ3n) is 2.98. The minimum absolute atomic E-state index is 0.0831. The highest BCUT2D eigenvalue weighted by atomic mass is 16.3. The molecule has 0 spiro atoms. The molecular formula is C15H18N2O2. The molecule has 3 N–H and O–H groups in total. The average Bonchev–Trinajstić information content (AvgIpc) is 2.93. The molecule has 2 rings (SSSR count). The predicted molar refractivity (Wildman–Crippen MR) is 73.3 cm³/mol. The number of hydrogen-bond acceptors (Lipinski definition) is 3. The van der Waals surface area contributed by atoms with Crippen LogP contribution in [0.25, 0.3) is 0 Å². The van der Waals surface area contributed by atoms with Crippen LogP contribution in [0.4, 0.5) is 0 Å². The van der Waals surface area contributed by atoms with E-state index in [0.717, 1.165) is 11.3 Å². The van der Waals surface area contributed by atoms with E-state index in [9.17, 15) is 4.79 Å². The van der Waals surface area contributed by atoms with Crippen molar-refractivity contribution >= 4 is 5.91 Å². The highest BCUT2D eigenvalue weighted by Crippen LogP contribution is 2.16. The Morgan fingerprint density at radius 1 is 1.26 bits per heavy atom. The van der Waals surface area contributed by atoms with Gasteiger partial charge in [-0.15, -0.1) is 0 Å². The summed E-state index contributed by atoms with van der Waals surface area (Å²) in [6, 6.07) is 12.8. The monoisotopic (exact) mass is 258 g/mol. The maximum atomic E-state index is 11.9. The predicted octanol–water partition coefficient (Wildman–Crippen LogP) is 2.55. The lowest BCUT2D eigenvalue weighted by Crippen LogP contribution is -2.29. The van der Waals surface area contributed by atoms with Crippen molar-refractivity contribution in [3.05, 3.63) is 60.1 Å². The van der Waals surface area contributed by atoms with Crippen LogP contribution in [0.1, 0.15) is 36.8 Å². The molecule has 0 bridgehead atoms. The van der Waals surface area contributed by atoms with Crippen molar-refractivity contribution in [3.63, 3.8) is 0 Å². The van der Waals surface area contributed by atoms with Gasteiger partial charge in [0.15, 0.2) is 0 Å². The smallest absolute Gasteiger partial charge is 0.222 e. The molecule has 0 radical (unpaired) electrons. The molecule has 2 atom stereocenters. The molecule has 2 aromatic rings. The summed E-state index contributed by atoms with van der Waals surface area (Å²) in [7, 11) is 0. The van der Waals surface area contributed by atoms with E-state index in [4.69, 9.17) is 10.2 Å². The number of amides is 1. The molecule has 1 aromatic heterocycles. The fourth-order valence-electron chi connectivity index (χ4n) is 1.93. The van der Waals surface area contributed by atoms with Gasteiger partial charge in [0.25, 0.3) is 0 Å². The van der Waals surface area contributed by atoms with Gasteiger partial charge in [-0.05, 0) is 24.6 Å². The summed E-state index contributed by atoms with van der Waals surface area (Å²) < 4.78 is 5.24. The molecule has 1 heterocycles. The van der Waals surface area contributed by atoms with Crippen LogP contribution in [0.3, 0.4) is 0 Å². The summed E-state index contributed by atoms with van der Waals surface area (Å²) in [5.74, 6) is 0.655. The number of nitrogens with two attached hydrogens (primary N) is 1. The molecule has 19 heavy (non-hydrogen) atoms. The molecule has 100 valence electrons. The first kappa shape index (κ1) is 13.4. The zero-order valence-corrected chi connectivity index (χ0v) is 10.9. The van der Waals surface area contributed by atoms with Crippen LogP contribution in [0.15, 0.2) is 53.1 Å². The van der Waals surface area contributed by atoms with E-state index >= 15 is 0 Å². The number of carbonyl (C=O) groups is 1. The van der Waals surface area contributed by atoms with Crippen LogP contribution in [0.5, 0.6) is 0 Å². The van der Waals surface area contributed by atoms with Crippen molar-refractivity contribution in [1.82, 2.24) is 5.32 Å².